The van der Waals surface area contributed by atoms with Gasteiger partial charge in [0.05, 0.1) is 0 Å². The van der Waals surface area contributed by atoms with Crippen molar-refractivity contribution >= 4 is 11.6 Å². The largest absolute Gasteiger partial charge is 0.311 e. The minimum atomic E-state index is 0.660. The van der Waals surface area contributed by atoms with E-state index in [1.165, 1.54) is 6.42 Å². The Bertz CT molecular complexity index is 180. The summed E-state index contributed by atoms with van der Waals surface area (Å²) in [6.45, 7) is 8.93. The summed E-state index contributed by atoms with van der Waals surface area (Å²) in [5.41, 5.74) is 1.61. The van der Waals surface area contributed by atoms with Crippen molar-refractivity contribution in [2.75, 3.05) is 26.2 Å². The van der Waals surface area contributed by atoms with Crippen LogP contribution in [-0.2, 0) is 0 Å². The number of hydrogen-bond donors (Lipinski definition) is 1. The number of rotatable bonds is 4. The molecule has 0 aliphatic carbocycles. The summed E-state index contributed by atoms with van der Waals surface area (Å²) >= 11 is 5.52. The van der Waals surface area contributed by atoms with E-state index in [4.69, 9.17) is 11.6 Å². The van der Waals surface area contributed by atoms with Crippen molar-refractivity contribution in [3.05, 3.63) is 11.6 Å². The maximum absolute atomic E-state index is 5.52. The molecule has 0 aromatic heterocycles. The van der Waals surface area contributed by atoms with Gasteiger partial charge in [0.2, 0.25) is 0 Å². The normalized spacial score (nSPS) is 25.0. The van der Waals surface area contributed by atoms with Gasteiger partial charge in [-0.05, 0) is 12.3 Å². The fourth-order valence-corrected chi connectivity index (χ4v) is 2.06. The van der Waals surface area contributed by atoms with E-state index in [9.17, 15) is 0 Å². The van der Waals surface area contributed by atoms with Gasteiger partial charge in [0, 0.05) is 37.8 Å². The molecular formula is C11H21ClN2. The number of piperazine rings is 1. The molecule has 1 unspecified atom stereocenters. The molecule has 1 heterocycles. The van der Waals surface area contributed by atoms with Crippen LogP contribution < -0.4 is 5.32 Å². The van der Waals surface area contributed by atoms with E-state index < -0.39 is 0 Å². The maximum Gasteiger partial charge on any atom is 0.0198 e. The third kappa shape index (κ3) is 4.45. The molecule has 1 atom stereocenters. The highest BCUT2D eigenvalue weighted by molar-refractivity contribution is 6.25. The predicted octanol–water partition coefficient (Wildman–Crippen LogP) is 2.06. The van der Waals surface area contributed by atoms with Crippen molar-refractivity contribution in [3.63, 3.8) is 0 Å². The van der Waals surface area contributed by atoms with Crippen LogP contribution in [0.2, 0.25) is 0 Å². The van der Waals surface area contributed by atoms with Crippen LogP contribution in [-0.4, -0.2) is 37.1 Å². The Kier molecular flexibility index (Phi) is 5.53. The van der Waals surface area contributed by atoms with Crippen molar-refractivity contribution in [2.24, 2.45) is 5.92 Å². The molecule has 1 rings (SSSR count). The molecule has 0 radical (unpaired) electrons. The summed E-state index contributed by atoms with van der Waals surface area (Å²) in [5, 5.41) is 3.56. The molecule has 1 aliphatic rings. The first-order valence-electron chi connectivity index (χ1n) is 5.43. The quantitative estimate of drug-likeness (QED) is 0.774. The molecule has 0 spiro atoms. The van der Waals surface area contributed by atoms with Crippen LogP contribution in [0.4, 0.5) is 0 Å². The fraction of sp³-hybridized carbons (Fsp3) is 0.818. The van der Waals surface area contributed by atoms with E-state index >= 15 is 0 Å². The molecule has 1 aliphatic heterocycles. The second-order valence-corrected chi connectivity index (χ2v) is 4.65. The Hall–Kier alpha value is -0.0500. The summed E-state index contributed by atoms with van der Waals surface area (Å²) in [6.07, 6.45) is 3.28. The number of hydrogen-bond acceptors (Lipinski definition) is 2. The Balaban J connectivity index is 2.28. The predicted molar refractivity (Wildman–Crippen MR) is 62.7 cm³/mol. The summed E-state index contributed by atoms with van der Waals surface area (Å²) in [4.78, 5) is 2.45. The minimum Gasteiger partial charge on any atom is -0.311 e. The Morgan fingerprint density at radius 1 is 1.57 bits per heavy atom. The van der Waals surface area contributed by atoms with E-state index in [2.05, 4.69) is 24.1 Å². The molecule has 0 amide bonds. The van der Waals surface area contributed by atoms with Crippen molar-refractivity contribution in [1.29, 1.82) is 0 Å². The van der Waals surface area contributed by atoms with Gasteiger partial charge in [-0.15, -0.1) is 0 Å². The highest BCUT2D eigenvalue weighted by Gasteiger charge is 2.18. The molecule has 3 heteroatoms. The van der Waals surface area contributed by atoms with Gasteiger partial charge in [-0.3, -0.25) is 4.90 Å². The average molecular weight is 217 g/mol. The van der Waals surface area contributed by atoms with Gasteiger partial charge in [0.15, 0.2) is 0 Å². The summed E-state index contributed by atoms with van der Waals surface area (Å²) in [6, 6.07) is 0.660. The maximum atomic E-state index is 5.52. The van der Waals surface area contributed by atoms with Gasteiger partial charge in [0.25, 0.3) is 0 Å². The van der Waals surface area contributed by atoms with Crippen LogP contribution >= 0.6 is 11.6 Å². The lowest BCUT2D eigenvalue weighted by Gasteiger charge is -2.33. The molecule has 0 aromatic rings. The van der Waals surface area contributed by atoms with Crippen LogP contribution in [0.25, 0.3) is 0 Å². The average Bonchev–Trinajstić information content (AvgIpc) is 2.14. The van der Waals surface area contributed by atoms with Crippen LogP contribution in [0, 0.1) is 5.92 Å². The molecule has 2 nitrogen and oxygen atoms in total. The molecule has 0 bridgehead atoms. The monoisotopic (exact) mass is 216 g/mol. The van der Waals surface area contributed by atoms with E-state index in [0.29, 0.717) is 6.04 Å². The summed E-state index contributed by atoms with van der Waals surface area (Å²) in [5.74, 6) is 0.774. The lowest BCUT2D eigenvalue weighted by Crippen LogP contribution is -2.50. The molecule has 82 valence electrons. The first-order chi connectivity index (χ1) is 6.72. The molecule has 14 heavy (non-hydrogen) atoms. The zero-order chi connectivity index (χ0) is 10.4. The third-order valence-corrected chi connectivity index (χ3v) is 2.73. The topological polar surface area (TPSA) is 15.3 Å². The zero-order valence-electron chi connectivity index (χ0n) is 9.17. The molecule has 1 N–H and O–H groups in total. The highest BCUT2D eigenvalue weighted by Crippen LogP contribution is 2.09. The SMILES string of the molecule is CC(C)CC1CN(C/C=C/Cl)CCN1. The molecule has 1 saturated heterocycles. The first-order valence-corrected chi connectivity index (χ1v) is 5.87. The van der Waals surface area contributed by atoms with Gasteiger partial charge in [-0.25, -0.2) is 0 Å². The lowest BCUT2D eigenvalue weighted by atomic mass is 10.0. The van der Waals surface area contributed by atoms with Gasteiger partial charge in [0.1, 0.15) is 0 Å². The van der Waals surface area contributed by atoms with Gasteiger partial charge in [-0.2, -0.15) is 0 Å². The number of nitrogens with zero attached hydrogens (tertiary/aromatic N) is 1. The zero-order valence-corrected chi connectivity index (χ0v) is 9.93. The number of halogens is 1. The molecule has 0 aromatic carbocycles. The van der Waals surface area contributed by atoms with Crippen LogP contribution in [0.15, 0.2) is 11.6 Å². The minimum absolute atomic E-state index is 0.660. The number of nitrogens with one attached hydrogen (secondary N) is 1. The van der Waals surface area contributed by atoms with Crippen LogP contribution in [0.3, 0.4) is 0 Å². The van der Waals surface area contributed by atoms with Crippen LogP contribution in [0.1, 0.15) is 20.3 Å². The van der Waals surface area contributed by atoms with E-state index in [-0.39, 0.29) is 0 Å². The first kappa shape index (κ1) is 12.0. The van der Waals surface area contributed by atoms with Crippen molar-refractivity contribution in [2.45, 2.75) is 26.3 Å². The Labute approximate surface area is 92.3 Å². The van der Waals surface area contributed by atoms with Crippen molar-refractivity contribution < 1.29 is 0 Å². The smallest absolute Gasteiger partial charge is 0.0198 e. The van der Waals surface area contributed by atoms with Crippen molar-refractivity contribution in [3.8, 4) is 0 Å². The van der Waals surface area contributed by atoms with Crippen molar-refractivity contribution in [1.82, 2.24) is 10.2 Å². The van der Waals surface area contributed by atoms with Gasteiger partial charge >= 0.3 is 0 Å². The lowest BCUT2D eigenvalue weighted by molar-refractivity contribution is 0.203. The Morgan fingerprint density at radius 3 is 3.00 bits per heavy atom. The second-order valence-electron chi connectivity index (χ2n) is 4.40. The van der Waals surface area contributed by atoms with E-state index in [0.717, 1.165) is 32.1 Å². The summed E-state index contributed by atoms with van der Waals surface area (Å²) in [7, 11) is 0. The summed E-state index contributed by atoms with van der Waals surface area (Å²) < 4.78 is 0. The van der Waals surface area contributed by atoms with E-state index in [1.54, 1.807) is 5.54 Å². The third-order valence-electron chi connectivity index (χ3n) is 2.55. The van der Waals surface area contributed by atoms with Gasteiger partial charge in [-0.1, -0.05) is 31.5 Å². The highest BCUT2D eigenvalue weighted by atomic mass is 35.5. The molecule has 1 fully saturated rings. The second kappa shape index (κ2) is 6.44. The molecular weight excluding hydrogens is 196 g/mol. The molecule has 0 saturated carbocycles. The fourth-order valence-electron chi connectivity index (χ4n) is 1.98. The van der Waals surface area contributed by atoms with Crippen LogP contribution in [0.5, 0.6) is 0 Å². The van der Waals surface area contributed by atoms with E-state index in [1.807, 2.05) is 6.08 Å². The standard InChI is InChI=1S/C11H21ClN2/c1-10(2)8-11-9-14(6-3-4-12)7-5-13-11/h3-4,10-11,13H,5-9H2,1-2H3/b4-3+. The Morgan fingerprint density at radius 2 is 2.36 bits per heavy atom. The van der Waals surface area contributed by atoms with Gasteiger partial charge < -0.3 is 5.32 Å².